The normalized spacial score (nSPS) is 13.4. The Labute approximate surface area is 94.5 Å². The first-order valence-corrected chi connectivity index (χ1v) is 4.37. The van der Waals surface area contributed by atoms with Crippen molar-refractivity contribution >= 4 is 40.7 Å². The maximum absolute atomic E-state index is 6.83. The first-order valence-electron chi connectivity index (χ1n) is 4.37. The van der Waals surface area contributed by atoms with Crippen molar-refractivity contribution in [1.82, 2.24) is 10.6 Å². The Morgan fingerprint density at radius 3 is 2.00 bits per heavy atom. The van der Waals surface area contributed by atoms with Crippen LogP contribution in [0.4, 0.5) is 0 Å². The number of guanidine groups is 1. The summed E-state index contributed by atoms with van der Waals surface area (Å²) >= 11 is 2.21. The summed E-state index contributed by atoms with van der Waals surface area (Å²) in [4.78, 5) is 0. The number of halogens is 1. The predicted octanol–water partition coefficient (Wildman–Crippen LogP) is 1.07. The Kier molecular flexibility index (Phi) is 14.0. The average Bonchev–Trinajstić information content (AvgIpc) is 2.43. The van der Waals surface area contributed by atoms with Crippen LogP contribution in [0.3, 0.4) is 0 Å². The van der Waals surface area contributed by atoms with Gasteiger partial charge in [0.15, 0.2) is 5.96 Å². The second kappa shape index (κ2) is 11.3. The first kappa shape index (κ1) is 14.8. The van der Waals surface area contributed by atoms with Gasteiger partial charge in [-0.05, 0) is 0 Å². The molecule has 5 heteroatoms. The van der Waals surface area contributed by atoms with Crippen LogP contribution < -0.4 is 10.6 Å². The van der Waals surface area contributed by atoms with E-state index in [2.05, 4.69) is 35.3 Å². The molecule has 1 heterocycles. The fourth-order valence-electron chi connectivity index (χ4n) is 0.791. The molecule has 0 spiro atoms. The molecule has 3 nitrogen and oxygen atoms in total. The zero-order valence-corrected chi connectivity index (χ0v) is 9.66. The Morgan fingerprint density at radius 1 is 1.42 bits per heavy atom. The summed E-state index contributed by atoms with van der Waals surface area (Å²) in [5, 5.41) is 13.8. The molecule has 0 radical (unpaired) electrons. The van der Waals surface area contributed by atoms with Gasteiger partial charge in [0.1, 0.15) is 0 Å². The first-order chi connectivity index (χ1) is 5.31. The molecule has 0 bridgehead atoms. The van der Waals surface area contributed by atoms with E-state index in [1.165, 1.54) is 17.9 Å². The number of nitrogens with one attached hydrogen (secondary N) is 3. The molecule has 1 aliphatic rings. The van der Waals surface area contributed by atoms with Crippen molar-refractivity contribution in [3.8, 4) is 0 Å². The third kappa shape index (κ3) is 10.3. The molecule has 1 fully saturated rings. The van der Waals surface area contributed by atoms with Gasteiger partial charge in [-0.25, -0.2) is 0 Å². The molecule has 0 aromatic rings. The van der Waals surface area contributed by atoms with Gasteiger partial charge in [0, 0.05) is 13.1 Å². The van der Waals surface area contributed by atoms with E-state index in [9.17, 15) is 0 Å². The summed E-state index contributed by atoms with van der Waals surface area (Å²) < 4.78 is 0. The Morgan fingerprint density at radius 2 is 1.92 bits per heavy atom. The molecular formula is C7H17BrLiN3. The van der Waals surface area contributed by atoms with Crippen molar-refractivity contribution in [1.29, 1.82) is 5.41 Å². The van der Waals surface area contributed by atoms with Gasteiger partial charge in [-0.1, -0.05) is 0 Å². The van der Waals surface area contributed by atoms with Crippen molar-refractivity contribution in [2.24, 2.45) is 0 Å². The van der Waals surface area contributed by atoms with Crippen LogP contribution in [0.2, 0.25) is 5.09 Å². The minimum atomic E-state index is 0. The van der Waals surface area contributed by atoms with Crippen molar-refractivity contribution in [2.45, 2.75) is 24.9 Å². The molecule has 0 aliphatic carbocycles. The van der Waals surface area contributed by atoms with Gasteiger partial charge in [0.2, 0.25) is 0 Å². The second-order valence-corrected chi connectivity index (χ2v) is 2.58. The van der Waals surface area contributed by atoms with E-state index < -0.39 is 0 Å². The van der Waals surface area contributed by atoms with Gasteiger partial charge >= 0.3 is 42.6 Å². The van der Waals surface area contributed by atoms with Crippen LogP contribution in [-0.4, -0.2) is 36.8 Å². The molecule has 12 heavy (non-hydrogen) atoms. The topological polar surface area (TPSA) is 47.9 Å². The third-order valence-electron chi connectivity index (χ3n) is 1.44. The van der Waals surface area contributed by atoms with E-state index in [4.69, 9.17) is 5.41 Å². The molecule has 0 saturated carbocycles. The number of hydrogen-bond donors (Lipinski definition) is 3. The fourth-order valence-corrected chi connectivity index (χ4v) is 0.791. The summed E-state index contributed by atoms with van der Waals surface area (Å²) in [7, 11) is 0. The van der Waals surface area contributed by atoms with Gasteiger partial charge < -0.3 is 10.6 Å². The van der Waals surface area contributed by atoms with Gasteiger partial charge in [0.05, 0.1) is 0 Å². The van der Waals surface area contributed by atoms with E-state index in [1.54, 1.807) is 0 Å². The minimum absolute atomic E-state index is 0. The van der Waals surface area contributed by atoms with E-state index >= 15 is 0 Å². The molecule has 1 rings (SSSR count). The van der Waals surface area contributed by atoms with Crippen molar-refractivity contribution < 1.29 is 0 Å². The van der Waals surface area contributed by atoms with Crippen LogP contribution in [0.15, 0.2) is 0 Å². The van der Waals surface area contributed by atoms with Crippen molar-refractivity contribution in [2.75, 3.05) is 13.1 Å². The summed E-state index contributed by atoms with van der Waals surface area (Å²) in [5.74, 6) is 0.454. The van der Waals surface area contributed by atoms with E-state index in [0.717, 1.165) is 13.1 Å². The van der Waals surface area contributed by atoms with Crippen LogP contribution in [0, 0.1) is 5.41 Å². The quantitative estimate of drug-likeness (QED) is 0.621. The molecule has 0 unspecified atom stereocenters. The van der Waals surface area contributed by atoms with Gasteiger partial charge in [-0.3, -0.25) is 5.41 Å². The summed E-state index contributed by atoms with van der Waals surface area (Å²) in [6.07, 6.45) is 2.73. The second-order valence-electron chi connectivity index (χ2n) is 2.58. The van der Waals surface area contributed by atoms with Crippen LogP contribution in [0.5, 0.6) is 0 Å². The van der Waals surface area contributed by atoms with E-state index in [0.29, 0.717) is 5.96 Å². The molecular weight excluding hydrogens is 213 g/mol. The third-order valence-corrected chi connectivity index (χ3v) is 1.44. The molecule has 0 aromatic heterocycles. The van der Waals surface area contributed by atoms with Gasteiger partial charge in [-0.2, -0.15) is 0 Å². The molecule has 3 N–H and O–H groups in total. The van der Waals surface area contributed by atoms with E-state index in [-0.39, 0.29) is 17.0 Å². The molecule has 0 aromatic carbocycles. The maximum atomic E-state index is 6.83. The molecule has 1 aliphatic heterocycles. The van der Waals surface area contributed by atoms with Crippen molar-refractivity contribution in [3.63, 3.8) is 0 Å². The molecule has 0 amide bonds. The Bertz CT molecular complexity index is 101. The standard InChI is InChI=1S/C4H9.C3H7N3.BrH.Li/c1-3-4-2;4-3-5-1-2-6-3;;/h1,3-4H2,2H3;1-2H2,(H3,4,5,6);1H;. The van der Waals surface area contributed by atoms with Crippen LogP contribution >= 0.6 is 17.0 Å². The van der Waals surface area contributed by atoms with Gasteiger partial charge in [-0.15, -0.1) is 17.0 Å². The number of rotatable bonds is 2. The van der Waals surface area contributed by atoms with Crippen molar-refractivity contribution in [3.05, 3.63) is 0 Å². The van der Waals surface area contributed by atoms with Gasteiger partial charge in [0.25, 0.3) is 0 Å². The summed E-state index contributed by atoms with van der Waals surface area (Å²) in [5.41, 5.74) is 0. The monoisotopic (exact) mass is 229 g/mol. The van der Waals surface area contributed by atoms with E-state index in [1.807, 2.05) is 0 Å². The predicted molar refractivity (Wildman–Crippen MR) is 59.5 cm³/mol. The number of unbranched alkanes of at least 4 members (excludes halogenated alkanes) is 1. The molecule has 1 saturated heterocycles. The van der Waals surface area contributed by atoms with Crippen LogP contribution in [0.25, 0.3) is 0 Å². The summed E-state index contributed by atoms with van der Waals surface area (Å²) in [6.45, 7) is 4.02. The average molecular weight is 230 g/mol. The zero-order valence-electron chi connectivity index (χ0n) is 7.94. The Hall–Kier alpha value is 0.347. The fraction of sp³-hybridized carbons (Fsp3) is 0.857. The van der Waals surface area contributed by atoms with Crippen LogP contribution in [-0.2, 0) is 0 Å². The van der Waals surface area contributed by atoms with Crippen LogP contribution in [0.1, 0.15) is 19.8 Å². The number of hydrogen-bond acceptors (Lipinski definition) is 1. The Balaban J connectivity index is 0. The molecule has 0 atom stereocenters. The SMILES string of the molecule is Br.N=C1NCCN1.[Li][CH2]CCC. The molecule has 68 valence electrons. The summed E-state index contributed by atoms with van der Waals surface area (Å²) in [6, 6.07) is 0. The zero-order chi connectivity index (χ0) is 8.53.